The van der Waals surface area contributed by atoms with Crippen LogP contribution in [-0.4, -0.2) is 30.5 Å². The van der Waals surface area contributed by atoms with E-state index in [9.17, 15) is 13.2 Å². The van der Waals surface area contributed by atoms with Gasteiger partial charge in [-0.2, -0.15) is 0 Å². The Morgan fingerprint density at radius 3 is 2.36 bits per heavy atom. The van der Waals surface area contributed by atoms with Gasteiger partial charge in [-0.3, -0.25) is 4.79 Å². The number of sulfone groups is 1. The van der Waals surface area contributed by atoms with Crippen LogP contribution >= 0.6 is 0 Å². The molecule has 0 aromatic carbocycles. The van der Waals surface area contributed by atoms with E-state index in [-0.39, 0.29) is 18.1 Å². The Labute approximate surface area is 84.2 Å². The van der Waals surface area contributed by atoms with Gasteiger partial charge in [-0.25, -0.2) is 8.42 Å². The zero-order valence-corrected chi connectivity index (χ0v) is 9.25. The normalized spacial score (nSPS) is 33.1. The van der Waals surface area contributed by atoms with E-state index >= 15 is 0 Å². The second kappa shape index (κ2) is 3.88. The summed E-state index contributed by atoms with van der Waals surface area (Å²) in [6, 6.07) is 0. The molecule has 0 spiro atoms. The standard InChI is InChI=1S/C9H16O4S/c1-3-14(12,13)7-4-6(2)8(5-7)9(10)11/h6-8H,3-5H2,1-2H3,(H,10,11)/t6-,7-,8+/m1/s1. The molecule has 1 N–H and O–H groups in total. The first-order chi connectivity index (χ1) is 6.38. The summed E-state index contributed by atoms with van der Waals surface area (Å²) < 4.78 is 23.0. The molecule has 0 saturated heterocycles. The quantitative estimate of drug-likeness (QED) is 0.767. The van der Waals surface area contributed by atoms with E-state index in [4.69, 9.17) is 5.11 Å². The summed E-state index contributed by atoms with van der Waals surface area (Å²) in [5, 5.41) is 8.40. The molecule has 1 rings (SSSR count). The minimum Gasteiger partial charge on any atom is -0.481 e. The highest BCUT2D eigenvalue weighted by Crippen LogP contribution is 2.35. The maximum absolute atomic E-state index is 11.5. The molecule has 4 nitrogen and oxygen atoms in total. The average molecular weight is 220 g/mol. The summed E-state index contributed by atoms with van der Waals surface area (Å²) >= 11 is 0. The predicted octanol–water partition coefficient (Wildman–Crippen LogP) is 0.920. The smallest absolute Gasteiger partial charge is 0.306 e. The summed E-state index contributed by atoms with van der Waals surface area (Å²) in [6.07, 6.45) is 0.778. The highest BCUT2D eigenvalue weighted by Gasteiger charge is 2.41. The Hall–Kier alpha value is -0.580. The molecule has 0 unspecified atom stereocenters. The van der Waals surface area contributed by atoms with Crippen LogP contribution < -0.4 is 0 Å². The molecule has 3 atom stereocenters. The van der Waals surface area contributed by atoms with Crippen molar-refractivity contribution >= 4 is 15.8 Å². The summed E-state index contributed by atoms with van der Waals surface area (Å²) in [6.45, 7) is 3.41. The van der Waals surface area contributed by atoms with Crippen molar-refractivity contribution in [2.24, 2.45) is 11.8 Å². The lowest BCUT2D eigenvalue weighted by Gasteiger charge is -2.08. The van der Waals surface area contributed by atoms with E-state index in [0.717, 1.165) is 0 Å². The first kappa shape index (κ1) is 11.5. The predicted molar refractivity (Wildman–Crippen MR) is 52.8 cm³/mol. The van der Waals surface area contributed by atoms with Crippen LogP contribution in [0.3, 0.4) is 0 Å². The third-order valence-corrected chi connectivity index (χ3v) is 5.27. The fourth-order valence-electron chi connectivity index (χ4n) is 2.06. The molecule has 0 heterocycles. The molecule has 0 aliphatic heterocycles. The fraction of sp³-hybridized carbons (Fsp3) is 0.889. The van der Waals surface area contributed by atoms with Gasteiger partial charge in [-0.1, -0.05) is 13.8 Å². The lowest BCUT2D eigenvalue weighted by molar-refractivity contribution is -0.142. The zero-order valence-electron chi connectivity index (χ0n) is 8.43. The third-order valence-electron chi connectivity index (χ3n) is 3.07. The molecule has 14 heavy (non-hydrogen) atoms. The van der Waals surface area contributed by atoms with Crippen LogP contribution in [0.15, 0.2) is 0 Å². The molecule has 0 bridgehead atoms. The van der Waals surface area contributed by atoms with Gasteiger partial charge in [-0.05, 0) is 18.8 Å². The van der Waals surface area contributed by atoms with Crippen LogP contribution in [0.5, 0.6) is 0 Å². The second-order valence-corrected chi connectivity index (χ2v) is 6.54. The van der Waals surface area contributed by atoms with Crippen LogP contribution in [0, 0.1) is 11.8 Å². The Bertz CT molecular complexity index is 320. The maximum Gasteiger partial charge on any atom is 0.306 e. The van der Waals surface area contributed by atoms with Crippen molar-refractivity contribution in [3.63, 3.8) is 0 Å². The largest absolute Gasteiger partial charge is 0.481 e. The van der Waals surface area contributed by atoms with Gasteiger partial charge in [0, 0.05) is 5.75 Å². The Kier molecular flexibility index (Phi) is 3.19. The first-order valence-electron chi connectivity index (χ1n) is 4.82. The Morgan fingerprint density at radius 2 is 2.00 bits per heavy atom. The lowest BCUT2D eigenvalue weighted by atomic mass is 9.99. The summed E-state index contributed by atoms with van der Waals surface area (Å²) in [4.78, 5) is 10.8. The van der Waals surface area contributed by atoms with Crippen molar-refractivity contribution < 1.29 is 18.3 Å². The minimum absolute atomic E-state index is 0.0289. The molecular weight excluding hydrogens is 204 g/mol. The van der Waals surface area contributed by atoms with Crippen molar-refractivity contribution in [3.8, 4) is 0 Å². The Morgan fingerprint density at radius 1 is 1.43 bits per heavy atom. The molecule has 1 fully saturated rings. The van der Waals surface area contributed by atoms with E-state index in [2.05, 4.69) is 0 Å². The van der Waals surface area contributed by atoms with Crippen molar-refractivity contribution in [3.05, 3.63) is 0 Å². The third kappa shape index (κ3) is 2.08. The van der Waals surface area contributed by atoms with Gasteiger partial charge in [0.05, 0.1) is 11.2 Å². The summed E-state index contributed by atoms with van der Waals surface area (Å²) in [5.74, 6) is -1.28. The van der Waals surface area contributed by atoms with Crippen molar-refractivity contribution in [2.75, 3.05) is 5.75 Å². The topological polar surface area (TPSA) is 71.4 Å². The molecular formula is C9H16O4S. The molecule has 5 heteroatoms. The van der Waals surface area contributed by atoms with Gasteiger partial charge in [-0.15, -0.1) is 0 Å². The van der Waals surface area contributed by atoms with Crippen LogP contribution in [0.2, 0.25) is 0 Å². The molecule has 1 aliphatic carbocycles. The average Bonchev–Trinajstić information content (AvgIpc) is 2.48. The van der Waals surface area contributed by atoms with E-state index in [0.29, 0.717) is 6.42 Å². The van der Waals surface area contributed by atoms with Crippen molar-refractivity contribution in [1.82, 2.24) is 0 Å². The molecule has 0 radical (unpaired) electrons. The molecule has 0 amide bonds. The SMILES string of the molecule is CCS(=O)(=O)[C@@H]1C[C@@H](C)[C@@H](C(=O)O)C1. The Balaban J connectivity index is 2.78. The monoisotopic (exact) mass is 220 g/mol. The van der Waals surface area contributed by atoms with Gasteiger partial charge < -0.3 is 5.11 Å². The molecule has 0 aromatic heterocycles. The number of aliphatic carboxylic acids is 1. The van der Waals surface area contributed by atoms with Crippen molar-refractivity contribution in [1.29, 1.82) is 0 Å². The van der Waals surface area contributed by atoms with E-state index in [1.54, 1.807) is 6.92 Å². The van der Waals surface area contributed by atoms with Crippen LogP contribution in [0.25, 0.3) is 0 Å². The second-order valence-electron chi connectivity index (χ2n) is 3.97. The van der Waals surface area contributed by atoms with Crippen molar-refractivity contribution in [2.45, 2.75) is 31.9 Å². The van der Waals surface area contributed by atoms with E-state index < -0.39 is 27.0 Å². The number of carboxylic acids is 1. The van der Waals surface area contributed by atoms with Gasteiger partial charge in [0.2, 0.25) is 0 Å². The first-order valence-corrected chi connectivity index (χ1v) is 6.54. The number of hydrogen-bond acceptors (Lipinski definition) is 3. The van der Waals surface area contributed by atoms with Crippen LogP contribution in [0.4, 0.5) is 0 Å². The molecule has 1 saturated carbocycles. The number of hydrogen-bond donors (Lipinski definition) is 1. The van der Waals surface area contributed by atoms with E-state index in [1.807, 2.05) is 6.92 Å². The lowest BCUT2D eigenvalue weighted by Crippen LogP contribution is -2.21. The van der Waals surface area contributed by atoms with E-state index in [1.165, 1.54) is 0 Å². The molecule has 1 aliphatic rings. The maximum atomic E-state index is 11.5. The van der Waals surface area contributed by atoms with Crippen LogP contribution in [0.1, 0.15) is 26.7 Å². The number of carboxylic acid groups (broad SMARTS) is 1. The van der Waals surface area contributed by atoms with Gasteiger partial charge >= 0.3 is 5.97 Å². The van der Waals surface area contributed by atoms with Gasteiger partial charge in [0.15, 0.2) is 9.84 Å². The highest BCUT2D eigenvalue weighted by molar-refractivity contribution is 7.92. The molecule has 82 valence electrons. The van der Waals surface area contributed by atoms with Gasteiger partial charge in [0.25, 0.3) is 0 Å². The highest BCUT2D eigenvalue weighted by atomic mass is 32.2. The number of rotatable bonds is 3. The fourth-order valence-corrected chi connectivity index (χ4v) is 3.63. The zero-order chi connectivity index (χ0) is 10.9. The van der Waals surface area contributed by atoms with Gasteiger partial charge in [0.1, 0.15) is 0 Å². The summed E-state index contributed by atoms with van der Waals surface area (Å²) in [7, 11) is -3.06. The van der Waals surface area contributed by atoms with Crippen LogP contribution in [-0.2, 0) is 14.6 Å². The summed E-state index contributed by atoms with van der Waals surface area (Å²) in [5.41, 5.74) is 0. The number of carbonyl (C=O) groups is 1. The minimum atomic E-state index is -3.06. The molecule has 0 aromatic rings.